The fourth-order valence-corrected chi connectivity index (χ4v) is 3.38. The summed E-state index contributed by atoms with van der Waals surface area (Å²) in [5.74, 6) is 2.30. The van der Waals surface area contributed by atoms with E-state index in [1.165, 1.54) is 17.0 Å². The van der Waals surface area contributed by atoms with Crippen molar-refractivity contribution in [3.63, 3.8) is 0 Å². The summed E-state index contributed by atoms with van der Waals surface area (Å²) in [4.78, 5) is 41.7. The Labute approximate surface area is 168 Å². The number of carbonyl (C=O) groups is 1. The van der Waals surface area contributed by atoms with Crippen molar-refractivity contribution in [3.8, 4) is 5.82 Å². The van der Waals surface area contributed by atoms with Crippen LogP contribution in [0.4, 0.5) is 5.82 Å². The number of aromatic nitrogens is 5. The number of hydrogen-bond donors (Lipinski definition) is 0. The maximum absolute atomic E-state index is 12.6. The Bertz CT molecular complexity index is 1070. The third-order valence-electron chi connectivity index (χ3n) is 4.96. The van der Waals surface area contributed by atoms with Crippen LogP contribution < -0.4 is 10.5 Å². The van der Waals surface area contributed by atoms with Crippen molar-refractivity contribution in [1.82, 2.24) is 29.0 Å². The molecule has 0 saturated carbocycles. The van der Waals surface area contributed by atoms with Crippen molar-refractivity contribution < 1.29 is 4.79 Å². The average Bonchev–Trinajstić information content (AvgIpc) is 3.25. The lowest BCUT2D eigenvalue weighted by atomic mass is 10.3. The number of rotatable bonds is 4. The van der Waals surface area contributed by atoms with Crippen molar-refractivity contribution in [2.24, 2.45) is 0 Å². The maximum Gasteiger partial charge on any atom is 0.253 e. The van der Waals surface area contributed by atoms with Crippen LogP contribution in [0.25, 0.3) is 5.82 Å². The Kier molecular flexibility index (Phi) is 5.11. The van der Waals surface area contributed by atoms with Crippen LogP contribution >= 0.6 is 0 Å². The second kappa shape index (κ2) is 7.86. The maximum atomic E-state index is 12.6. The molecule has 150 valence electrons. The number of carbonyl (C=O) groups excluding carboxylic acids is 1. The van der Waals surface area contributed by atoms with Gasteiger partial charge in [0.15, 0.2) is 0 Å². The minimum Gasteiger partial charge on any atom is -0.353 e. The van der Waals surface area contributed by atoms with Gasteiger partial charge in [-0.2, -0.15) is 0 Å². The van der Waals surface area contributed by atoms with E-state index in [9.17, 15) is 9.59 Å². The van der Waals surface area contributed by atoms with E-state index in [4.69, 9.17) is 0 Å². The van der Waals surface area contributed by atoms with Gasteiger partial charge in [-0.05, 0) is 26.0 Å². The first-order valence-electron chi connectivity index (χ1n) is 9.54. The highest BCUT2D eigenvalue weighted by atomic mass is 16.2. The third-order valence-corrected chi connectivity index (χ3v) is 4.96. The summed E-state index contributed by atoms with van der Waals surface area (Å²) in [6.45, 7) is 6.15. The summed E-state index contributed by atoms with van der Waals surface area (Å²) in [6.07, 6.45) is 5.33. The van der Waals surface area contributed by atoms with E-state index in [2.05, 4.69) is 19.9 Å². The lowest BCUT2D eigenvalue weighted by Gasteiger charge is -2.35. The number of amides is 1. The molecule has 3 aromatic rings. The zero-order chi connectivity index (χ0) is 20.4. The molecule has 4 heterocycles. The molecule has 1 aliphatic heterocycles. The Morgan fingerprint density at radius 3 is 2.38 bits per heavy atom. The highest BCUT2D eigenvalue weighted by molar-refractivity contribution is 5.76. The molecule has 1 saturated heterocycles. The van der Waals surface area contributed by atoms with Crippen molar-refractivity contribution in [2.75, 3.05) is 31.1 Å². The predicted octanol–water partition coefficient (Wildman–Crippen LogP) is 0.790. The Balaban J connectivity index is 1.42. The molecule has 29 heavy (non-hydrogen) atoms. The molecule has 0 aromatic carbocycles. The van der Waals surface area contributed by atoms with Gasteiger partial charge in [0.05, 0.1) is 6.33 Å². The summed E-state index contributed by atoms with van der Waals surface area (Å²) in [6, 6.07) is 7.31. The SMILES string of the molecule is Cc1cc(=O)n(CC(=O)N2CCN(c3cc(-n4cccc4)nc(C)n3)CC2)cn1. The summed E-state index contributed by atoms with van der Waals surface area (Å²) in [5, 5.41) is 0. The second-order valence-corrected chi connectivity index (χ2v) is 7.09. The minimum absolute atomic E-state index is 0.0104. The molecule has 1 aliphatic rings. The number of hydrogen-bond acceptors (Lipinski definition) is 6. The van der Waals surface area contributed by atoms with Crippen molar-refractivity contribution in [2.45, 2.75) is 20.4 Å². The lowest BCUT2D eigenvalue weighted by Crippen LogP contribution is -2.50. The van der Waals surface area contributed by atoms with Gasteiger partial charge >= 0.3 is 0 Å². The molecule has 0 N–H and O–H groups in total. The quantitative estimate of drug-likeness (QED) is 0.651. The van der Waals surface area contributed by atoms with Gasteiger partial charge < -0.3 is 14.4 Å². The number of aryl methyl sites for hydroxylation is 2. The predicted molar refractivity (Wildman–Crippen MR) is 108 cm³/mol. The molecule has 1 fully saturated rings. The molecule has 0 unspecified atom stereocenters. The molecule has 1 amide bonds. The van der Waals surface area contributed by atoms with Gasteiger partial charge in [-0.15, -0.1) is 0 Å². The number of piperazine rings is 1. The van der Waals surface area contributed by atoms with Gasteiger partial charge in [-0.3, -0.25) is 14.2 Å². The highest BCUT2D eigenvalue weighted by Crippen LogP contribution is 2.17. The van der Waals surface area contributed by atoms with Gasteiger partial charge in [0, 0.05) is 56.4 Å². The molecular weight excluding hydrogens is 370 g/mol. The Morgan fingerprint density at radius 2 is 1.69 bits per heavy atom. The van der Waals surface area contributed by atoms with Gasteiger partial charge in [0.1, 0.15) is 24.0 Å². The molecule has 0 bridgehead atoms. The topological polar surface area (TPSA) is 89.2 Å². The Hall–Kier alpha value is -3.49. The molecule has 3 aromatic heterocycles. The van der Waals surface area contributed by atoms with Crippen LogP contribution in [0.15, 0.2) is 47.8 Å². The molecular formula is C20H23N7O2. The minimum atomic E-state index is -0.210. The van der Waals surface area contributed by atoms with E-state index in [1.807, 2.05) is 42.1 Å². The number of anilines is 1. The lowest BCUT2D eigenvalue weighted by molar-refractivity contribution is -0.132. The second-order valence-electron chi connectivity index (χ2n) is 7.09. The normalized spacial score (nSPS) is 14.3. The van der Waals surface area contributed by atoms with Gasteiger partial charge in [0.25, 0.3) is 5.56 Å². The monoisotopic (exact) mass is 393 g/mol. The standard InChI is InChI=1S/C20H23N7O2/c1-15-11-19(28)27(14-21-15)13-20(29)26-9-7-25(8-10-26)18-12-17(22-16(2)23-18)24-5-3-4-6-24/h3-6,11-12,14H,7-10,13H2,1-2H3. The van der Waals surface area contributed by atoms with Crippen molar-refractivity contribution >= 4 is 11.7 Å². The molecule has 9 nitrogen and oxygen atoms in total. The van der Waals surface area contributed by atoms with Gasteiger partial charge in [-0.1, -0.05) is 0 Å². The summed E-state index contributed by atoms with van der Waals surface area (Å²) in [5.41, 5.74) is 0.435. The molecule has 0 atom stereocenters. The molecule has 0 aliphatic carbocycles. The Morgan fingerprint density at radius 1 is 1.00 bits per heavy atom. The molecule has 4 rings (SSSR count). The van der Waals surface area contributed by atoms with Crippen LogP contribution in [-0.4, -0.2) is 61.1 Å². The van der Waals surface area contributed by atoms with E-state index >= 15 is 0 Å². The van der Waals surface area contributed by atoms with Crippen LogP contribution in [0.1, 0.15) is 11.5 Å². The first-order valence-corrected chi connectivity index (χ1v) is 9.54. The van der Waals surface area contributed by atoms with Crippen LogP contribution in [-0.2, 0) is 11.3 Å². The summed E-state index contributed by atoms with van der Waals surface area (Å²) < 4.78 is 3.30. The fraction of sp³-hybridized carbons (Fsp3) is 0.350. The average molecular weight is 393 g/mol. The van der Waals surface area contributed by atoms with Gasteiger partial charge in [-0.25, -0.2) is 15.0 Å². The first kappa shape index (κ1) is 18.9. The van der Waals surface area contributed by atoms with E-state index in [0.717, 1.165) is 11.6 Å². The third kappa shape index (κ3) is 4.18. The van der Waals surface area contributed by atoms with Crippen molar-refractivity contribution in [1.29, 1.82) is 0 Å². The smallest absolute Gasteiger partial charge is 0.253 e. The van der Waals surface area contributed by atoms with Gasteiger partial charge in [0.2, 0.25) is 5.91 Å². The van der Waals surface area contributed by atoms with E-state index in [1.54, 1.807) is 11.8 Å². The van der Waals surface area contributed by atoms with E-state index < -0.39 is 0 Å². The number of nitrogens with zero attached hydrogens (tertiary/aromatic N) is 7. The molecule has 0 radical (unpaired) electrons. The molecule has 0 spiro atoms. The zero-order valence-electron chi connectivity index (χ0n) is 16.5. The summed E-state index contributed by atoms with van der Waals surface area (Å²) >= 11 is 0. The summed E-state index contributed by atoms with van der Waals surface area (Å²) in [7, 11) is 0. The van der Waals surface area contributed by atoms with Crippen LogP contribution in [0.5, 0.6) is 0 Å². The fourth-order valence-electron chi connectivity index (χ4n) is 3.38. The van der Waals surface area contributed by atoms with E-state index in [0.29, 0.717) is 37.7 Å². The van der Waals surface area contributed by atoms with Crippen LogP contribution in [0, 0.1) is 13.8 Å². The zero-order valence-corrected chi connectivity index (χ0v) is 16.5. The van der Waals surface area contributed by atoms with E-state index in [-0.39, 0.29) is 18.0 Å². The van der Waals surface area contributed by atoms with Crippen LogP contribution in [0.2, 0.25) is 0 Å². The van der Waals surface area contributed by atoms with Crippen LogP contribution in [0.3, 0.4) is 0 Å². The largest absolute Gasteiger partial charge is 0.353 e. The van der Waals surface area contributed by atoms with Crippen molar-refractivity contribution in [3.05, 3.63) is 64.9 Å². The highest BCUT2D eigenvalue weighted by Gasteiger charge is 2.23. The molecule has 9 heteroatoms. The first-order chi connectivity index (χ1) is 14.0.